The minimum atomic E-state index is -0.366. The summed E-state index contributed by atoms with van der Waals surface area (Å²) in [6.07, 6.45) is 1.80. The van der Waals surface area contributed by atoms with Crippen LogP contribution in [0.3, 0.4) is 0 Å². The second-order valence-electron chi connectivity index (χ2n) is 7.44. The van der Waals surface area contributed by atoms with Crippen LogP contribution in [-0.2, 0) is 20.7 Å². The first-order valence-corrected chi connectivity index (χ1v) is 11.4. The van der Waals surface area contributed by atoms with Crippen molar-refractivity contribution in [3.05, 3.63) is 52.0 Å². The maximum absolute atomic E-state index is 13.5. The van der Waals surface area contributed by atoms with Crippen LogP contribution in [-0.4, -0.2) is 61.6 Å². The van der Waals surface area contributed by atoms with E-state index in [1.807, 2.05) is 11.4 Å². The Morgan fingerprint density at radius 3 is 2.90 bits per heavy atom. The van der Waals surface area contributed by atoms with Crippen LogP contribution in [0.2, 0.25) is 0 Å². The first kappa shape index (κ1) is 23.2. The van der Waals surface area contributed by atoms with E-state index in [9.17, 15) is 14.0 Å². The zero-order valence-electron chi connectivity index (χ0n) is 18.0. The number of ether oxygens (including phenoxy) is 2. The van der Waals surface area contributed by atoms with E-state index in [2.05, 4.69) is 0 Å². The van der Waals surface area contributed by atoms with Gasteiger partial charge >= 0.3 is 0 Å². The molecule has 0 fully saturated rings. The molecule has 31 heavy (non-hydrogen) atoms. The summed E-state index contributed by atoms with van der Waals surface area (Å²) in [6, 6.07) is 7.74. The van der Waals surface area contributed by atoms with Gasteiger partial charge in [-0.1, -0.05) is 13.0 Å². The Balaban J connectivity index is 1.73. The van der Waals surface area contributed by atoms with Gasteiger partial charge in [0.2, 0.25) is 11.8 Å². The molecule has 0 unspecified atom stereocenters. The van der Waals surface area contributed by atoms with Crippen LogP contribution in [0.5, 0.6) is 5.75 Å². The van der Waals surface area contributed by atoms with Gasteiger partial charge in [-0.3, -0.25) is 9.59 Å². The molecule has 0 radical (unpaired) electrons. The number of halogens is 1. The van der Waals surface area contributed by atoms with Gasteiger partial charge in [0.25, 0.3) is 0 Å². The molecule has 0 aliphatic carbocycles. The normalized spacial score (nSPS) is 15.5. The smallest absolute Gasteiger partial charge is 0.242 e. The van der Waals surface area contributed by atoms with Crippen molar-refractivity contribution in [3.63, 3.8) is 0 Å². The SMILES string of the molecule is CCC(=O)N(CCCOC)CC(=O)N1CCc2sccc2[C@@H]1COc1cccc(F)c1. The van der Waals surface area contributed by atoms with E-state index in [1.54, 1.807) is 47.3 Å². The number of benzene rings is 1. The van der Waals surface area contributed by atoms with Gasteiger partial charge < -0.3 is 19.3 Å². The lowest BCUT2D eigenvalue weighted by molar-refractivity contribution is -0.142. The Labute approximate surface area is 186 Å². The third kappa shape index (κ3) is 6.04. The van der Waals surface area contributed by atoms with E-state index < -0.39 is 0 Å². The molecule has 0 bridgehead atoms. The van der Waals surface area contributed by atoms with Crippen LogP contribution >= 0.6 is 11.3 Å². The molecular formula is C23H29FN2O4S. The van der Waals surface area contributed by atoms with E-state index in [0.717, 1.165) is 12.0 Å². The van der Waals surface area contributed by atoms with Crippen molar-refractivity contribution in [3.8, 4) is 5.75 Å². The molecule has 6 nitrogen and oxygen atoms in total. The van der Waals surface area contributed by atoms with Crippen molar-refractivity contribution >= 4 is 23.2 Å². The van der Waals surface area contributed by atoms with Crippen LogP contribution in [0.25, 0.3) is 0 Å². The fourth-order valence-corrected chi connectivity index (χ4v) is 4.70. The lowest BCUT2D eigenvalue weighted by Crippen LogP contribution is -2.48. The molecule has 0 saturated heterocycles. The standard InChI is InChI=1S/C23H29FN2O4S/c1-3-22(27)25(10-5-12-29-2)15-23(28)26-11-8-21-19(9-13-31-21)20(26)16-30-18-7-4-6-17(24)14-18/h4,6-7,9,13-14,20H,3,5,8,10-12,15-16H2,1-2H3/t20-/m0/s1. The van der Waals surface area contributed by atoms with Gasteiger partial charge in [0, 0.05) is 44.2 Å². The number of hydrogen-bond donors (Lipinski definition) is 0. The molecule has 2 heterocycles. The van der Waals surface area contributed by atoms with E-state index in [1.165, 1.54) is 17.0 Å². The minimum Gasteiger partial charge on any atom is -0.491 e. The van der Waals surface area contributed by atoms with Crippen LogP contribution in [0.15, 0.2) is 35.7 Å². The lowest BCUT2D eigenvalue weighted by atomic mass is 10.0. The molecule has 8 heteroatoms. The van der Waals surface area contributed by atoms with Crippen molar-refractivity contribution in [2.75, 3.05) is 40.0 Å². The van der Waals surface area contributed by atoms with Gasteiger partial charge in [-0.2, -0.15) is 0 Å². The molecule has 1 aromatic heterocycles. The number of nitrogens with zero attached hydrogens (tertiary/aromatic N) is 2. The number of carbonyl (C=O) groups is 2. The number of thiophene rings is 1. The molecule has 1 atom stereocenters. The van der Waals surface area contributed by atoms with Gasteiger partial charge in [0.15, 0.2) is 0 Å². The zero-order valence-corrected chi connectivity index (χ0v) is 18.8. The number of rotatable bonds is 10. The molecule has 0 saturated carbocycles. The molecule has 1 aromatic carbocycles. The summed E-state index contributed by atoms with van der Waals surface area (Å²) in [7, 11) is 1.62. The monoisotopic (exact) mass is 448 g/mol. The van der Waals surface area contributed by atoms with Crippen LogP contribution < -0.4 is 4.74 Å². The number of amides is 2. The maximum atomic E-state index is 13.5. The fourth-order valence-electron chi connectivity index (χ4n) is 3.78. The number of carbonyl (C=O) groups excluding carboxylic acids is 2. The Bertz CT molecular complexity index is 888. The summed E-state index contributed by atoms with van der Waals surface area (Å²) in [5.74, 6) is -0.0960. The second kappa shape index (κ2) is 11.2. The van der Waals surface area contributed by atoms with Crippen molar-refractivity contribution in [2.45, 2.75) is 32.2 Å². The van der Waals surface area contributed by atoms with Crippen LogP contribution in [0, 0.1) is 5.82 Å². The molecule has 1 aliphatic rings. The maximum Gasteiger partial charge on any atom is 0.242 e. The molecule has 2 amide bonds. The van der Waals surface area contributed by atoms with Gasteiger partial charge in [0.05, 0.1) is 12.6 Å². The van der Waals surface area contributed by atoms with Crippen LogP contribution in [0.4, 0.5) is 4.39 Å². The predicted octanol–water partition coefficient (Wildman–Crippen LogP) is 3.67. The van der Waals surface area contributed by atoms with E-state index in [0.29, 0.717) is 38.3 Å². The Kier molecular flexibility index (Phi) is 8.43. The number of hydrogen-bond acceptors (Lipinski definition) is 5. The molecule has 168 valence electrons. The van der Waals surface area contributed by atoms with Crippen LogP contribution in [0.1, 0.15) is 36.2 Å². The largest absolute Gasteiger partial charge is 0.491 e. The molecule has 1 aliphatic heterocycles. The van der Waals surface area contributed by atoms with Crippen molar-refractivity contribution in [1.29, 1.82) is 0 Å². The van der Waals surface area contributed by atoms with E-state index in [-0.39, 0.29) is 36.8 Å². The summed E-state index contributed by atoms with van der Waals surface area (Å²) in [5.41, 5.74) is 1.06. The van der Waals surface area contributed by atoms with E-state index >= 15 is 0 Å². The van der Waals surface area contributed by atoms with Gasteiger partial charge in [-0.15, -0.1) is 11.3 Å². The van der Waals surface area contributed by atoms with Crippen molar-refractivity contribution in [2.24, 2.45) is 0 Å². The summed E-state index contributed by atoms with van der Waals surface area (Å²) in [6.45, 7) is 3.64. The summed E-state index contributed by atoms with van der Waals surface area (Å²) in [4.78, 5) is 30.3. The zero-order chi connectivity index (χ0) is 22.2. The van der Waals surface area contributed by atoms with E-state index in [4.69, 9.17) is 9.47 Å². The highest BCUT2D eigenvalue weighted by Gasteiger charge is 2.33. The van der Waals surface area contributed by atoms with Gasteiger partial charge in [-0.05, 0) is 42.0 Å². The summed E-state index contributed by atoms with van der Waals surface area (Å²) >= 11 is 1.67. The quantitative estimate of drug-likeness (QED) is 0.521. The topological polar surface area (TPSA) is 59.1 Å². The number of fused-ring (bicyclic) bond motifs is 1. The Hall–Kier alpha value is -2.45. The highest BCUT2D eigenvalue weighted by Crippen LogP contribution is 2.34. The third-order valence-corrected chi connectivity index (χ3v) is 6.37. The Morgan fingerprint density at radius 2 is 2.16 bits per heavy atom. The molecule has 3 rings (SSSR count). The summed E-state index contributed by atoms with van der Waals surface area (Å²) in [5, 5.41) is 2.02. The van der Waals surface area contributed by atoms with Crippen molar-refractivity contribution in [1.82, 2.24) is 9.80 Å². The minimum absolute atomic E-state index is 0.0341. The van der Waals surface area contributed by atoms with Crippen molar-refractivity contribution < 1.29 is 23.5 Å². The predicted molar refractivity (Wildman–Crippen MR) is 118 cm³/mol. The first-order chi connectivity index (χ1) is 15.0. The molecular weight excluding hydrogens is 419 g/mol. The fraction of sp³-hybridized carbons (Fsp3) is 0.478. The first-order valence-electron chi connectivity index (χ1n) is 10.5. The Morgan fingerprint density at radius 1 is 1.32 bits per heavy atom. The highest BCUT2D eigenvalue weighted by molar-refractivity contribution is 7.10. The second-order valence-corrected chi connectivity index (χ2v) is 8.44. The lowest BCUT2D eigenvalue weighted by Gasteiger charge is -2.37. The van der Waals surface area contributed by atoms with Gasteiger partial charge in [0.1, 0.15) is 18.2 Å². The third-order valence-electron chi connectivity index (χ3n) is 5.38. The summed E-state index contributed by atoms with van der Waals surface area (Å²) < 4.78 is 24.5. The highest BCUT2D eigenvalue weighted by atomic mass is 32.1. The molecule has 2 aromatic rings. The molecule has 0 spiro atoms. The molecule has 0 N–H and O–H groups in total. The van der Waals surface area contributed by atoms with Gasteiger partial charge in [-0.25, -0.2) is 4.39 Å². The average molecular weight is 449 g/mol. The average Bonchev–Trinajstić information content (AvgIpc) is 3.25. The number of methoxy groups -OCH3 is 1.